The Hall–Kier alpha value is -3.72. The number of rotatable bonds is 6. The zero-order valence-corrected chi connectivity index (χ0v) is 18.0. The quantitative estimate of drug-likeness (QED) is 0.592. The molecule has 2 heterocycles. The number of ether oxygens (including phenoxy) is 2. The molecular formula is C23H25N5O4. The SMILES string of the molecule is COC(=O)c1ccc(-c2n[nH]c([C@H]3CN(C)CCN3C(=O)COc3ccccc3)n2)cc1. The molecule has 1 N–H and O–H groups in total. The van der Waals surface area contributed by atoms with Gasteiger partial charge < -0.3 is 19.3 Å². The van der Waals surface area contributed by atoms with E-state index in [9.17, 15) is 9.59 Å². The summed E-state index contributed by atoms with van der Waals surface area (Å²) in [6, 6.07) is 15.9. The highest BCUT2D eigenvalue weighted by Gasteiger charge is 2.33. The van der Waals surface area contributed by atoms with Gasteiger partial charge in [0.2, 0.25) is 0 Å². The Labute approximate surface area is 186 Å². The normalized spacial score (nSPS) is 16.6. The van der Waals surface area contributed by atoms with Crippen molar-refractivity contribution in [1.82, 2.24) is 25.0 Å². The second kappa shape index (κ2) is 9.61. The van der Waals surface area contributed by atoms with Crippen LogP contribution in [0, 0.1) is 0 Å². The average Bonchev–Trinajstić information content (AvgIpc) is 3.33. The number of benzene rings is 2. The number of carbonyl (C=O) groups excluding carboxylic acids is 2. The summed E-state index contributed by atoms with van der Waals surface area (Å²) in [5, 5.41) is 7.32. The Balaban J connectivity index is 1.49. The van der Waals surface area contributed by atoms with E-state index in [-0.39, 0.29) is 18.6 Å². The predicted molar refractivity (Wildman–Crippen MR) is 117 cm³/mol. The second-order valence-electron chi connectivity index (χ2n) is 7.58. The first kappa shape index (κ1) is 21.5. The number of carbonyl (C=O) groups is 2. The van der Waals surface area contributed by atoms with Crippen LogP contribution < -0.4 is 4.74 Å². The molecule has 0 aliphatic carbocycles. The van der Waals surface area contributed by atoms with Crippen LogP contribution in [0.5, 0.6) is 5.75 Å². The standard InChI is InChI=1S/C23H25N5O4/c1-27-12-13-28(20(29)15-32-18-6-4-3-5-7-18)19(14-27)22-24-21(25-26-22)16-8-10-17(11-9-16)23(30)31-2/h3-11,19H,12-15H2,1-2H3,(H,24,25,26)/t19-/m1/s1. The van der Waals surface area contributed by atoms with Crippen LogP contribution in [0.1, 0.15) is 22.2 Å². The molecule has 9 nitrogen and oxygen atoms in total. The first-order valence-corrected chi connectivity index (χ1v) is 10.3. The zero-order chi connectivity index (χ0) is 22.5. The molecule has 2 aromatic carbocycles. The summed E-state index contributed by atoms with van der Waals surface area (Å²) in [7, 11) is 3.36. The number of para-hydroxylation sites is 1. The van der Waals surface area contributed by atoms with Crippen molar-refractivity contribution in [3.05, 3.63) is 66.0 Å². The van der Waals surface area contributed by atoms with Crippen molar-refractivity contribution in [3.63, 3.8) is 0 Å². The van der Waals surface area contributed by atoms with E-state index in [1.165, 1.54) is 7.11 Å². The van der Waals surface area contributed by atoms with Crippen LogP contribution in [-0.4, -0.2) is 77.3 Å². The lowest BCUT2D eigenvalue weighted by Crippen LogP contribution is -2.50. The molecule has 0 unspecified atom stereocenters. The average molecular weight is 435 g/mol. The highest BCUT2D eigenvalue weighted by Crippen LogP contribution is 2.25. The summed E-state index contributed by atoms with van der Waals surface area (Å²) in [5.74, 6) is 1.26. The van der Waals surface area contributed by atoms with Gasteiger partial charge in [0, 0.05) is 25.2 Å². The van der Waals surface area contributed by atoms with Crippen molar-refractivity contribution in [1.29, 1.82) is 0 Å². The fourth-order valence-electron chi connectivity index (χ4n) is 3.62. The third-order valence-corrected chi connectivity index (χ3v) is 5.39. The van der Waals surface area contributed by atoms with E-state index in [2.05, 4.69) is 20.1 Å². The number of piperazine rings is 1. The van der Waals surface area contributed by atoms with Gasteiger partial charge in [0.25, 0.3) is 5.91 Å². The summed E-state index contributed by atoms with van der Waals surface area (Å²) in [6.07, 6.45) is 0. The minimum Gasteiger partial charge on any atom is -0.484 e. The Bertz CT molecular complexity index is 1070. The van der Waals surface area contributed by atoms with Crippen LogP contribution in [0.3, 0.4) is 0 Å². The molecule has 1 fully saturated rings. The molecule has 1 atom stereocenters. The maximum atomic E-state index is 12.9. The highest BCUT2D eigenvalue weighted by molar-refractivity contribution is 5.89. The van der Waals surface area contributed by atoms with Crippen molar-refractivity contribution >= 4 is 11.9 Å². The minimum atomic E-state index is -0.399. The Kier molecular flexibility index (Phi) is 6.46. The first-order valence-electron chi connectivity index (χ1n) is 10.3. The maximum absolute atomic E-state index is 12.9. The van der Waals surface area contributed by atoms with E-state index in [1.54, 1.807) is 29.2 Å². The predicted octanol–water partition coefficient (Wildman–Crippen LogP) is 2.15. The highest BCUT2D eigenvalue weighted by atomic mass is 16.5. The molecule has 1 aliphatic heterocycles. The summed E-state index contributed by atoms with van der Waals surface area (Å²) >= 11 is 0. The number of amides is 1. The van der Waals surface area contributed by atoms with Crippen LogP contribution in [0.2, 0.25) is 0 Å². The van der Waals surface area contributed by atoms with Gasteiger partial charge in [0.15, 0.2) is 12.4 Å². The molecule has 9 heteroatoms. The van der Waals surface area contributed by atoms with Crippen LogP contribution >= 0.6 is 0 Å². The van der Waals surface area contributed by atoms with Crippen LogP contribution in [0.25, 0.3) is 11.4 Å². The van der Waals surface area contributed by atoms with Gasteiger partial charge in [0.05, 0.1) is 12.7 Å². The third kappa shape index (κ3) is 4.78. The molecule has 0 spiro atoms. The third-order valence-electron chi connectivity index (χ3n) is 5.39. The lowest BCUT2D eigenvalue weighted by Gasteiger charge is -2.38. The smallest absolute Gasteiger partial charge is 0.337 e. The second-order valence-corrected chi connectivity index (χ2v) is 7.58. The minimum absolute atomic E-state index is 0.0415. The van der Waals surface area contributed by atoms with E-state index in [0.717, 1.165) is 12.1 Å². The number of likely N-dealkylation sites (N-methyl/N-ethyl adjacent to an activating group) is 1. The summed E-state index contributed by atoms with van der Waals surface area (Å²) in [6.45, 7) is 1.93. The van der Waals surface area contributed by atoms with Gasteiger partial charge in [-0.15, -0.1) is 0 Å². The topological polar surface area (TPSA) is 101 Å². The Morgan fingerprint density at radius 3 is 2.56 bits per heavy atom. The molecule has 1 aliphatic rings. The molecule has 0 bridgehead atoms. The van der Waals surface area contributed by atoms with Gasteiger partial charge in [-0.1, -0.05) is 30.3 Å². The number of methoxy groups -OCH3 is 1. The molecule has 1 amide bonds. The van der Waals surface area contributed by atoms with Gasteiger partial charge in [-0.3, -0.25) is 9.89 Å². The van der Waals surface area contributed by atoms with E-state index >= 15 is 0 Å². The number of hydrogen-bond acceptors (Lipinski definition) is 7. The van der Waals surface area contributed by atoms with Gasteiger partial charge in [-0.2, -0.15) is 5.10 Å². The molecule has 32 heavy (non-hydrogen) atoms. The molecule has 1 saturated heterocycles. The van der Waals surface area contributed by atoms with Gasteiger partial charge in [-0.05, 0) is 31.3 Å². The molecule has 1 aromatic heterocycles. The number of esters is 1. The largest absolute Gasteiger partial charge is 0.484 e. The van der Waals surface area contributed by atoms with Crippen LogP contribution in [-0.2, 0) is 9.53 Å². The van der Waals surface area contributed by atoms with Crippen LogP contribution in [0.15, 0.2) is 54.6 Å². The Morgan fingerprint density at radius 2 is 1.84 bits per heavy atom. The maximum Gasteiger partial charge on any atom is 0.337 e. The van der Waals surface area contributed by atoms with Crippen molar-refractivity contribution in [3.8, 4) is 17.1 Å². The lowest BCUT2D eigenvalue weighted by molar-refractivity contribution is -0.138. The Morgan fingerprint density at radius 1 is 1.09 bits per heavy atom. The van der Waals surface area contributed by atoms with Crippen LogP contribution in [0.4, 0.5) is 0 Å². The van der Waals surface area contributed by atoms with Crippen molar-refractivity contribution in [2.24, 2.45) is 0 Å². The molecule has 3 aromatic rings. The fraction of sp³-hybridized carbons (Fsp3) is 0.304. The van der Waals surface area contributed by atoms with E-state index in [1.807, 2.05) is 37.4 Å². The number of H-pyrrole nitrogens is 1. The van der Waals surface area contributed by atoms with Crippen molar-refractivity contribution < 1.29 is 19.1 Å². The number of nitrogens with one attached hydrogen (secondary N) is 1. The summed E-state index contributed by atoms with van der Waals surface area (Å²) in [4.78, 5) is 33.2. The summed E-state index contributed by atoms with van der Waals surface area (Å²) < 4.78 is 10.4. The molecular weight excluding hydrogens is 410 g/mol. The van der Waals surface area contributed by atoms with Crippen molar-refractivity contribution in [2.45, 2.75) is 6.04 Å². The van der Waals surface area contributed by atoms with E-state index < -0.39 is 5.97 Å². The number of aromatic nitrogens is 3. The fourth-order valence-corrected chi connectivity index (χ4v) is 3.62. The molecule has 4 rings (SSSR count). The van der Waals surface area contributed by atoms with E-state index in [0.29, 0.717) is 36.1 Å². The summed E-state index contributed by atoms with van der Waals surface area (Å²) in [5.41, 5.74) is 1.21. The number of hydrogen-bond donors (Lipinski definition) is 1. The number of aromatic amines is 1. The first-order chi connectivity index (χ1) is 15.5. The van der Waals surface area contributed by atoms with Gasteiger partial charge >= 0.3 is 5.97 Å². The zero-order valence-electron chi connectivity index (χ0n) is 18.0. The monoisotopic (exact) mass is 435 g/mol. The molecule has 166 valence electrons. The lowest BCUT2D eigenvalue weighted by atomic mass is 10.1. The van der Waals surface area contributed by atoms with Gasteiger partial charge in [-0.25, -0.2) is 9.78 Å². The van der Waals surface area contributed by atoms with E-state index in [4.69, 9.17) is 9.47 Å². The van der Waals surface area contributed by atoms with Crippen molar-refractivity contribution in [2.75, 3.05) is 40.4 Å². The van der Waals surface area contributed by atoms with Gasteiger partial charge in [0.1, 0.15) is 17.6 Å². The molecule has 0 saturated carbocycles. The molecule has 0 radical (unpaired) electrons. The number of nitrogens with zero attached hydrogens (tertiary/aromatic N) is 4.